The number of benzene rings is 2. The summed E-state index contributed by atoms with van der Waals surface area (Å²) in [4.78, 5) is 33.4. The number of fused-ring (bicyclic) bond motifs is 2. The zero-order valence-electron chi connectivity index (χ0n) is 14.1. The van der Waals surface area contributed by atoms with Gasteiger partial charge in [-0.2, -0.15) is 0 Å². The lowest BCUT2D eigenvalue weighted by Crippen LogP contribution is -2.40. The molecule has 1 aromatic heterocycles. The molecule has 5 rings (SSSR count). The van der Waals surface area contributed by atoms with E-state index in [2.05, 4.69) is 11.0 Å². The van der Waals surface area contributed by atoms with E-state index in [0.717, 1.165) is 35.6 Å². The lowest BCUT2D eigenvalue weighted by Gasteiger charge is -2.28. The first-order valence-electron chi connectivity index (χ1n) is 8.77. The van der Waals surface area contributed by atoms with Gasteiger partial charge in [0.15, 0.2) is 0 Å². The number of amides is 1. The number of aromatic nitrogens is 1. The molecule has 1 fully saturated rings. The van der Waals surface area contributed by atoms with Crippen molar-refractivity contribution in [3.05, 3.63) is 59.1 Å². The Morgan fingerprint density at radius 2 is 1.88 bits per heavy atom. The largest absolute Gasteiger partial charge is 0.300 e. The van der Waals surface area contributed by atoms with Crippen molar-refractivity contribution in [3.63, 3.8) is 0 Å². The Hall–Kier alpha value is -2.57. The average Bonchev–Trinajstić information content (AvgIpc) is 3.35. The highest BCUT2D eigenvalue weighted by Crippen LogP contribution is 2.38. The Labute approximate surface area is 154 Å². The number of ketones is 1. The monoisotopic (exact) mass is 363 g/mol. The number of carbonyl (C=O) groups excluding carboxylic acids is 2. The number of thiazole rings is 1. The first-order valence-corrected chi connectivity index (χ1v) is 9.59. The average molecular weight is 363 g/mol. The normalized spacial score (nSPS) is 20.3. The van der Waals surface area contributed by atoms with Crippen LogP contribution in [0, 0.1) is 0 Å². The van der Waals surface area contributed by atoms with Crippen molar-refractivity contribution in [2.75, 3.05) is 18.1 Å². The molecule has 0 bridgehead atoms. The van der Waals surface area contributed by atoms with E-state index < -0.39 is 11.7 Å². The second kappa shape index (κ2) is 6.00. The Morgan fingerprint density at radius 3 is 2.77 bits per heavy atom. The van der Waals surface area contributed by atoms with Crippen LogP contribution in [0.25, 0.3) is 10.2 Å². The van der Waals surface area contributed by atoms with Gasteiger partial charge in [-0.05, 0) is 37.1 Å². The summed E-state index contributed by atoms with van der Waals surface area (Å²) < 4.78 is 1.19. The fourth-order valence-corrected chi connectivity index (χ4v) is 5.02. The summed E-state index contributed by atoms with van der Waals surface area (Å²) in [6.45, 7) is 1.34. The van der Waals surface area contributed by atoms with Gasteiger partial charge in [-0.1, -0.05) is 24.3 Å². The van der Waals surface area contributed by atoms with Crippen LogP contribution < -0.4 is 4.90 Å². The van der Waals surface area contributed by atoms with Gasteiger partial charge in [0.1, 0.15) is 5.01 Å². The molecule has 1 saturated heterocycles. The molecule has 3 aromatic rings. The molecule has 6 heteroatoms. The van der Waals surface area contributed by atoms with Crippen LogP contribution in [0.1, 0.15) is 34.2 Å². The van der Waals surface area contributed by atoms with Gasteiger partial charge in [-0.3, -0.25) is 19.4 Å². The zero-order valence-corrected chi connectivity index (χ0v) is 14.9. The molecule has 2 aromatic carbocycles. The molecule has 1 unspecified atom stereocenters. The van der Waals surface area contributed by atoms with Crippen LogP contribution in [-0.4, -0.2) is 34.8 Å². The van der Waals surface area contributed by atoms with E-state index in [1.54, 1.807) is 28.4 Å². The molecule has 0 aliphatic carbocycles. The van der Waals surface area contributed by atoms with Crippen molar-refractivity contribution in [3.8, 4) is 0 Å². The predicted octanol–water partition coefficient (Wildman–Crippen LogP) is 3.62. The lowest BCUT2D eigenvalue weighted by molar-refractivity contribution is -0.114. The van der Waals surface area contributed by atoms with Gasteiger partial charge in [0, 0.05) is 6.54 Å². The topological polar surface area (TPSA) is 53.5 Å². The summed E-state index contributed by atoms with van der Waals surface area (Å²) in [6, 6.07) is 15.6. The standard InChI is InChI=1S/C20H17N3O2S/c24-18-13-6-1-3-8-15(13)23(20(18)25)12-22-11-5-9-16(22)19-21-14-7-2-4-10-17(14)26-19/h1-4,6-8,10,16H,5,9,11-12H2. The highest BCUT2D eigenvalue weighted by Gasteiger charge is 2.38. The van der Waals surface area contributed by atoms with E-state index >= 15 is 0 Å². The number of anilines is 1. The van der Waals surface area contributed by atoms with Gasteiger partial charge in [-0.25, -0.2) is 4.98 Å². The number of hydrogen-bond acceptors (Lipinski definition) is 5. The quantitative estimate of drug-likeness (QED) is 0.667. The van der Waals surface area contributed by atoms with E-state index in [-0.39, 0.29) is 6.04 Å². The zero-order chi connectivity index (χ0) is 17.7. The second-order valence-corrected chi connectivity index (χ2v) is 7.77. The van der Waals surface area contributed by atoms with Gasteiger partial charge in [0.25, 0.3) is 5.78 Å². The Kier molecular flexibility index (Phi) is 3.62. The summed E-state index contributed by atoms with van der Waals surface area (Å²) in [6.07, 6.45) is 2.09. The molecule has 26 heavy (non-hydrogen) atoms. The van der Waals surface area contributed by atoms with Gasteiger partial charge >= 0.3 is 5.91 Å². The third-order valence-corrected chi connectivity index (χ3v) is 6.30. The molecule has 0 radical (unpaired) electrons. The Morgan fingerprint density at radius 1 is 1.08 bits per heavy atom. The fraction of sp³-hybridized carbons (Fsp3) is 0.250. The molecule has 2 aliphatic heterocycles. The van der Waals surface area contributed by atoms with Crippen molar-refractivity contribution in [2.24, 2.45) is 0 Å². The van der Waals surface area contributed by atoms with Crippen molar-refractivity contribution in [1.82, 2.24) is 9.88 Å². The SMILES string of the molecule is O=C1C(=O)N(CN2CCCC2c2nc3ccccc3s2)c2ccccc21. The minimum atomic E-state index is -0.429. The third-order valence-electron chi connectivity index (χ3n) is 5.16. The van der Waals surface area contributed by atoms with E-state index in [4.69, 9.17) is 4.98 Å². The van der Waals surface area contributed by atoms with Crippen molar-refractivity contribution < 1.29 is 9.59 Å². The number of para-hydroxylation sites is 2. The summed E-state index contributed by atoms with van der Waals surface area (Å²) >= 11 is 1.72. The van der Waals surface area contributed by atoms with Gasteiger partial charge in [0.05, 0.1) is 34.2 Å². The number of rotatable bonds is 3. The molecule has 0 saturated carbocycles. The molecular weight excluding hydrogens is 346 g/mol. The molecular formula is C20H17N3O2S. The number of Topliss-reactive ketones (excluding diaryl/α,β-unsaturated/α-hetero) is 1. The fourth-order valence-electron chi connectivity index (χ4n) is 3.88. The minimum absolute atomic E-state index is 0.197. The molecule has 1 amide bonds. The van der Waals surface area contributed by atoms with E-state index in [0.29, 0.717) is 12.2 Å². The molecule has 5 nitrogen and oxygen atoms in total. The number of likely N-dealkylation sites (tertiary alicyclic amines) is 1. The first kappa shape index (κ1) is 15.7. The molecule has 130 valence electrons. The summed E-state index contributed by atoms with van der Waals surface area (Å²) in [7, 11) is 0. The Bertz CT molecular complexity index is 996. The number of hydrogen-bond donors (Lipinski definition) is 0. The smallest absolute Gasteiger partial charge is 0.291 e. The molecule has 2 aliphatic rings. The van der Waals surface area contributed by atoms with E-state index in [1.165, 1.54) is 4.70 Å². The van der Waals surface area contributed by atoms with Crippen LogP contribution in [0.2, 0.25) is 0 Å². The Balaban J connectivity index is 1.45. The number of nitrogens with zero attached hydrogens (tertiary/aromatic N) is 3. The van der Waals surface area contributed by atoms with E-state index in [9.17, 15) is 9.59 Å². The first-order chi connectivity index (χ1) is 12.7. The van der Waals surface area contributed by atoms with Crippen LogP contribution in [0.4, 0.5) is 5.69 Å². The number of carbonyl (C=O) groups is 2. The maximum atomic E-state index is 12.5. The van der Waals surface area contributed by atoms with Crippen LogP contribution >= 0.6 is 11.3 Å². The highest BCUT2D eigenvalue weighted by atomic mass is 32.1. The highest BCUT2D eigenvalue weighted by molar-refractivity contribution is 7.18. The summed E-state index contributed by atoms with van der Waals surface area (Å²) in [5.74, 6) is -0.836. The summed E-state index contributed by atoms with van der Waals surface area (Å²) in [5, 5.41) is 1.09. The third kappa shape index (κ3) is 2.37. The van der Waals surface area contributed by atoms with Crippen molar-refractivity contribution in [1.29, 1.82) is 0 Å². The van der Waals surface area contributed by atoms with Crippen molar-refractivity contribution in [2.45, 2.75) is 18.9 Å². The molecule has 1 atom stereocenters. The lowest BCUT2D eigenvalue weighted by atomic mass is 10.1. The van der Waals surface area contributed by atoms with Gasteiger partial charge < -0.3 is 0 Å². The van der Waals surface area contributed by atoms with Crippen LogP contribution in [-0.2, 0) is 4.79 Å². The molecule has 3 heterocycles. The molecule has 0 spiro atoms. The second-order valence-electron chi connectivity index (χ2n) is 6.71. The van der Waals surface area contributed by atoms with E-state index in [1.807, 2.05) is 30.3 Å². The summed E-state index contributed by atoms with van der Waals surface area (Å²) in [5.41, 5.74) is 2.25. The minimum Gasteiger partial charge on any atom is -0.291 e. The van der Waals surface area contributed by atoms with Gasteiger partial charge in [0.2, 0.25) is 0 Å². The van der Waals surface area contributed by atoms with Gasteiger partial charge in [-0.15, -0.1) is 11.3 Å². The van der Waals surface area contributed by atoms with Crippen molar-refractivity contribution >= 4 is 38.9 Å². The predicted molar refractivity (Wildman–Crippen MR) is 101 cm³/mol. The molecule has 0 N–H and O–H groups in total. The van der Waals surface area contributed by atoms with Crippen LogP contribution in [0.5, 0.6) is 0 Å². The van der Waals surface area contributed by atoms with Crippen LogP contribution in [0.15, 0.2) is 48.5 Å². The maximum Gasteiger partial charge on any atom is 0.300 e. The maximum absolute atomic E-state index is 12.5. The van der Waals surface area contributed by atoms with Crippen LogP contribution in [0.3, 0.4) is 0 Å².